The molecule has 2 aromatic rings. The number of hydrogen-bond donors (Lipinski definition) is 2. The van der Waals surface area contributed by atoms with E-state index < -0.39 is 5.41 Å². The summed E-state index contributed by atoms with van der Waals surface area (Å²) < 4.78 is 0. The Bertz CT molecular complexity index is 793. The summed E-state index contributed by atoms with van der Waals surface area (Å²) in [5.41, 5.74) is 2.24. The van der Waals surface area contributed by atoms with Crippen LogP contribution in [0.3, 0.4) is 0 Å². The lowest BCUT2D eigenvalue weighted by Gasteiger charge is -2.24. The fraction of sp³-hybridized carbons (Fsp3) is 0.364. The van der Waals surface area contributed by atoms with Crippen LogP contribution >= 0.6 is 0 Å². The van der Waals surface area contributed by atoms with Crippen molar-refractivity contribution in [3.05, 3.63) is 54.1 Å². The third-order valence-corrected chi connectivity index (χ3v) is 4.78. The predicted octanol–water partition coefficient (Wildman–Crippen LogP) is 4.44. The first kappa shape index (κ1) is 20.5. The minimum absolute atomic E-state index is 0.339. The fourth-order valence-corrected chi connectivity index (χ4v) is 2.73. The molecule has 0 fully saturated rings. The topological polar surface area (TPSA) is 61.4 Å². The Morgan fingerprint density at radius 3 is 2.00 bits per heavy atom. The number of hydrogen-bond acceptors (Lipinski definition) is 3. The van der Waals surface area contributed by atoms with Crippen LogP contribution in [0.25, 0.3) is 0 Å². The van der Waals surface area contributed by atoms with Gasteiger partial charge in [-0.3, -0.25) is 9.59 Å². The maximum atomic E-state index is 12.7. The molecule has 27 heavy (non-hydrogen) atoms. The molecule has 0 saturated heterocycles. The number of rotatable bonds is 7. The van der Waals surface area contributed by atoms with Crippen LogP contribution in [0.4, 0.5) is 17.1 Å². The molecular formula is C22H29N3O2. The van der Waals surface area contributed by atoms with Gasteiger partial charge in [0, 0.05) is 30.2 Å². The highest BCUT2D eigenvalue weighted by Crippen LogP contribution is 2.24. The first-order valence-electron chi connectivity index (χ1n) is 9.33. The van der Waals surface area contributed by atoms with Crippen molar-refractivity contribution in [3.8, 4) is 0 Å². The molecule has 2 N–H and O–H groups in total. The van der Waals surface area contributed by atoms with Gasteiger partial charge in [0.15, 0.2) is 0 Å². The van der Waals surface area contributed by atoms with Crippen molar-refractivity contribution in [1.82, 2.24) is 0 Å². The zero-order chi connectivity index (χ0) is 20.0. The van der Waals surface area contributed by atoms with E-state index in [4.69, 9.17) is 0 Å². The lowest BCUT2D eigenvalue weighted by atomic mass is 9.90. The number of para-hydroxylation sites is 1. The van der Waals surface area contributed by atoms with Gasteiger partial charge in [0.1, 0.15) is 5.41 Å². The van der Waals surface area contributed by atoms with Gasteiger partial charge in [-0.2, -0.15) is 0 Å². The van der Waals surface area contributed by atoms with Crippen molar-refractivity contribution in [3.63, 3.8) is 0 Å². The number of anilines is 3. The summed E-state index contributed by atoms with van der Waals surface area (Å²) in [6.07, 6.45) is 0. The van der Waals surface area contributed by atoms with Crippen LogP contribution in [-0.4, -0.2) is 24.9 Å². The van der Waals surface area contributed by atoms with E-state index >= 15 is 0 Å². The number of benzene rings is 2. The second-order valence-corrected chi connectivity index (χ2v) is 7.07. The van der Waals surface area contributed by atoms with Crippen molar-refractivity contribution in [2.45, 2.75) is 34.6 Å². The third kappa shape index (κ3) is 4.88. The molecule has 2 aromatic carbocycles. The zero-order valence-electron chi connectivity index (χ0n) is 16.8. The number of aryl methyl sites for hydroxylation is 1. The fourth-order valence-electron chi connectivity index (χ4n) is 2.73. The summed E-state index contributed by atoms with van der Waals surface area (Å²) in [6.45, 7) is 11.2. The largest absolute Gasteiger partial charge is 0.372 e. The summed E-state index contributed by atoms with van der Waals surface area (Å²) >= 11 is 0. The SMILES string of the molecule is CCN(CC)c1ccc(NC(=O)C(C)(C)C(=O)Nc2ccccc2C)cc1. The lowest BCUT2D eigenvalue weighted by molar-refractivity contribution is -0.135. The second kappa shape index (κ2) is 8.71. The highest BCUT2D eigenvalue weighted by Gasteiger charge is 2.36. The molecule has 2 amide bonds. The smallest absolute Gasteiger partial charge is 0.239 e. The van der Waals surface area contributed by atoms with Crippen LogP contribution in [0.5, 0.6) is 0 Å². The maximum Gasteiger partial charge on any atom is 0.239 e. The molecule has 5 nitrogen and oxygen atoms in total. The standard InChI is InChI=1S/C22H29N3O2/c1-6-25(7-2)18-14-12-17(13-15-18)23-20(26)22(4,5)21(27)24-19-11-9-8-10-16(19)3/h8-15H,6-7H2,1-5H3,(H,23,26)(H,24,27). The van der Waals surface area contributed by atoms with Gasteiger partial charge >= 0.3 is 0 Å². The first-order valence-corrected chi connectivity index (χ1v) is 9.33. The molecule has 144 valence electrons. The summed E-state index contributed by atoms with van der Waals surface area (Å²) in [6, 6.07) is 15.2. The lowest BCUT2D eigenvalue weighted by Crippen LogP contribution is -2.41. The van der Waals surface area contributed by atoms with Crippen LogP contribution < -0.4 is 15.5 Å². The van der Waals surface area contributed by atoms with Crippen LogP contribution in [-0.2, 0) is 9.59 Å². The van der Waals surface area contributed by atoms with E-state index in [-0.39, 0.29) is 11.8 Å². The number of carbonyl (C=O) groups excluding carboxylic acids is 2. The Balaban J connectivity index is 2.07. The van der Waals surface area contributed by atoms with Gasteiger partial charge < -0.3 is 15.5 Å². The summed E-state index contributed by atoms with van der Waals surface area (Å²) in [5.74, 6) is -0.682. The van der Waals surface area contributed by atoms with Gasteiger partial charge in [-0.1, -0.05) is 18.2 Å². The van der Waals surface area contributed by atoms with Crippen molar-refractivity contribution in [1.29, 1.82) is 0 Å². The molecule has 0 radical (unpaired) electrons. The molecular weight excluding hydrogens is 338 g/mol. The highest BCUT2D eigenvalue weighted by molar-refractivity contribution is 6.14. The molecule has 0 heterocycles. The van der Waals surface area contributed by atoms with E-state index in [0.29, 0.717) is 11.4 Å². The van der Waals surface area contributed by atoms with Gasteiger partial charge in [-0.05, 0) is 70.5 Å². The molecule has 0 spiro atoms. The minimum atomic E-state index is -1.21. The Morgan fingerprint density at radius 2 is 1.44 bits per heavy atom. The molecule has 0 unspecified atom stereocenters. The first-order chi connectivity index (χ1) is 12.8. The van der Waals surface area contributed by atoms with Gasteiger partial charge in [0.2, 0.25) is 11.8 Å². The Morgan fingerprint density at radius 1 is 0.889 bits per heavy atom. The van der Waals surface area contributed by atoms with Gasteiger partial charge in [-0.15, -0.1) is 0 Å². The molecule has 0 aliphatic heterocycles. The Labute approximate surface area is 161 Å². The van der Waals surface area contributed by atoms with Crippen LogP contribution in [0.2, 0.25) is 0 Å². The van der Waals surface area contributed by atoms with Crippen molar-refractivity contribution >= 4 is 28.9 Å². The van der Waals surface area contributed by atoms with E-state index in [1.807, 2.05) is 55.5 Å². The maximum absolute atomic E-state index is 12.7. The number of nitrogens with zero attached hydrogens (tertiary/aromatic N) is 1. The predicted molar refractivity (Wildman–Crippen MR) is 112 cm³/mol. The molecule has 0 atom stereocenters. The van der Waals surface area contributed by atoms with Gasteiger partial charge in [-0.25, -0.2) is 0 Å². The number of nitrogens with one attached hydrogen (secondary N) is 2. The monoisotopic (exact) mass is 367 g/mol. The third-order valence-electron chi connectivity index (χ3n) is 4.78. The molecule has 0 aliphatic carbocycles. The zero-order valence-corrected chi connectivity index (χ0v) is 16.8. The number of amides is 2. The average molecular weight is 367 g/mol. The van der Waals surface area contributed by atoms with Gasteiger partial charge in [0.05, 0.1) is 0 Å². The molecule has 2 rings (SSSR count). The summed E-state index contributed by atoms with van der Waals surface area (Å²) in [5, 5.41) is 5.70. The van der Waals surface area contributed by atoms with E-state index in [0.717, 1.165) is 24.3 Å². The quantitative estimate of drug-likeness (QED) is 0.711. The molecule has 0 saturated carbocycles. The molecule has 5 heteroatoms. The molecule has 0 aromatic heterocycles. The van der Waals surface area contributed by atoms with Crippen molar-refractivity contribution in [2.24, 2.45) is 5.41 Å². The molecule has 0 bridgehead atoms. The van der Waals surface area contributed by atoms with Crippen molar-refractivity contribution in [2.75, 3.05) is 28.6 Å². The summed E-state index contributed by atoms with van der Waals surface area (Å²) in [4.78, 5) is 27.6. The second-order valence-electron chi connectivity index (χ2n) is 7.07. The van der Waals surface area contributed by atoms with E-state index in [9.17, 15) is 9.59 Å². The van der Waals surface area contributed by atoms with E-state index in [2.05, 4.69) is 29.4 Å². The summed E-state index contributed by atoms with van der Waals surface area (Å²) in [7, 11) is 0. The normalized spacial score (nSPS) is 11.0. The minimum Gasteiger partial charge on any atom is -0.372 e. The van der Waals surface area contributed by atoms with E-state index in [1.54, 1.807) is 13.8 Å². The highest BCUT2D eigenvalue weighted by atomic mass is 16.2. The van der Waals surface area contributed by atoms with E-state index in [1.165, 1.54) is 0 Å². The molecule has 0 aliphatic rings. The van der Waals surface area contributed by atoms with Crippen LogP contribution in [0.1, 0.15) is 33.3 Å². The average Bonchev–Trinajstić information content (AvgIpc) is 2.65. The van der Waals surface area contributed by atoms with Crippen molar-refractivity contribution < 1.29 is 9.59 Å². The van der Waals surface area contributed by atoms with Gasteiger partial charge in [0.25, 0.3) is 0 Å². The number of carbonyl (C=O) groups is 2. The Kier molecular flexibility index (Phi) is 6.61. The van der Waals surface area contributed by atoms with Crippen LogP contribution in [0, 0.1) is 12.3 Å². The van der Waals surface area contributed by atoms with Crippen LogP contribution in [0.15, 0.2) is 48.5 Å². The Hall–Kier alpha value is -2.82.